The van der Waals surface area contributed by atoms with Crippen molar-refractivity contribution in [3.63, 3.8) is 0 Å². The van der Waals surface area contributed by atoms with Crippen LogP contribution in [0.1, 0.15) is 6.42 Å². The topological polar surface area (TPSA) is 69.8 Å². The van der Waals surface area contributed by atoms with Crippen LogP contribution in [0.15, 0.2) is 24.3 Å². The molecule has 110 valence electrons. The molecule has 1 aromatic rings. The Labute approximate surface area is 117 Å². The molecule has 1 aromatic carbocycles. The minimum absolute atomic E-state index is 0.200. The number of piperazine rings is 1. The quantitative estimate of drug-likeness (QED) is 0.833. The van der Waals surface area contributed by atoms with E-state index in [0.29, 0.717) is 18.7 Å². The summed E-state index contributed by atoms with van der Waals surface area (Å²) >= 11 is 0. The molecule has 0 aliphatic carbocycles. The SMILES string of the molecule is NC(CCN1CCN(c2ccccc2F)CC1)C(=O)O. The Morgan fingerprint density at radius 2 is 1.95 bits per heavy atom. The van der Waals surface area contributed by atoms with Crippen LogP contribution in [0.25, 0.3) is 0 Å². The van der Waals surface area contributed by atoms with Crippen LogP contribution in [0, 0.1) is 5.82 Å². The van der Waals surface area contributed by atoms with Gasteiger partial charge in [0.05, 0.1) is 5.69 Å². The number of anilines is 1. The molecule has 1 aliphatic rings. The largest absolute Gasteiger partial charge is 0.480 e. The molecule has 5 nitrogen and oxygen atoms in total. The molecule has 0 bridgehead atoms. The van der Waals surface area contributed by atoms with Crippen LogP contribution in [0.4, 0.5) is 10.1 Å². The summed E-state index contributed by atoms with van der Waals surface area (Å²) in [5.41, 5.74) is 6.12. The van der Waals surface area contributed by atoms with E-state index in [2.05, 4.69) is 4.90 Å². The first kappa shape index (κ1) is 14.7. The summed E-state index contributed by atoms with van der Waals surface area (Å²) in [5.74, 6) is -1.16. The summed E-state index contributed by atoms with van der Waals surface area (Å²) < 4.78 is 13.7. The molecule has 0 saturated carbocycles. The van der Waals surface area contributed by atoms with Gasteiger partial charge in [0.1, 0.15) is 11.9 Å². The van der Waals surface area contributed by atoms with Gasteiger partial charge in [-0.25, -0.2) is 4.39 Å². The van der Waals surface area contributed by atoms with E-state index in [4.69, 9.17) is 10.8 Å². The van der Waals surface area contributed by atoms with Gasteiger partial charge in [-0.2, -0.15) is 0 Å². The van der Waals surface area contributed by atoms with Crippen LogP contribution in [-0.2, 0) is 4.79 Å². The van der Waals surface area contributed by atoms with E-state index < -0.39 is 12.0 Å². The van der Waals surface area contributed by atoms with Gasteiger partial charge in [-0.3, -0.25) is 9.69 Å². The Kier molecular flexibility index (Phi) is 4.92. The number of hydrogen-bond donors (Lipinski definition) is 2. The van der Waals surface area contributed by atoms with Gasteiger partial charge in [0.2, 0.25) is 0 Å². The van der Waals surface area contributed by atoms with E-state index in [1.54, 1.807) is 12.1 Å². The van der Waals surface area contributed by atoms with Crippen molar-refractivity contribution in [1.82, 2.24) is 4.90 Å². The van der Waals surface area contributed by atoms with E-state index in [1.165, 1.54) is 6.07 Å². The van der Waals surface area contributed by atoms with Gasteiger partial charge >= 0.3 is 5.97 Å². The Bertz CT molecular complexity index is 461. The highest BCUT2D eigenvalue weighted by Crippen LogP contribution is 2.20. The van der Waals surface area contributed by atoms with E-state index in [-0.39, 0.29) is 5.82 Å². The fraction of sp³-hybridized carbons (Fsp3) is 0.500. The molecule has 1 heterocycles. The summed E-state index contributed by atoms with van der Waals surface area (Å²) in [5, 5.41) is 8.74. The Morgan fingerprint density at radius 3 is 2.55 bits per heavy atom. The van der Waals surface area contributed by atoms with Crippen LogP contribution >= 0.6 is 0 Å². The van der Waals surface area contributed by atoms with Crippen molar-refractivity contribution in [2.45, 2.75) is 12.5 Å². The number of halogens is 1. The van der Waals surface area contributed by atoms with Gasteiger partial charge < -0.3 is 15.7 Å². The number of carboxylic acid groups (broad SMARTS) is 1. The van der Waals surface area contributed by atoms with Gasteiger partial charge in [-0.1, -0.05) is 12.1 Å². The lowest BCUT2D eigenvalue weighted by Crippen LogP contribution is -2.48. The molecular formula is C14H20FN3O2. The molecule has 3 N–H and O–H groups in total. The summed E-state index contributed by atoms with van der Waals surface area (Å²) in [6.07, 6.45) is 0.440. The van der Waals surface area contributed by atoms with Crippen molar-refractivity contribution in [1.29, 1.82) is 0 Å². The van der Waals surface area contributed by atoms with Crippen molar-refractivity contribution in [3.05, 3.63) is 30.1 Å². The molecule has 1 unspecified atom stereocenters. The molecule has 1 atom stereocenters. The lowest BCUT2D eigenvalue weighted by atomic mass is 10.2. The average Bonchev–Trinajstić information content (AvgIpc) is 2.46. The Balaban J connectivity index is 1.81. The molecule has 0 amide bonds. The maximum absolute atomic E-state index is 13.7. The molecule has 1 saturated heterocycles. The summed E-state index contributed by atoms with van der Waals surface area (Å²) in [4.78, 5) is 14.8. The van der Waals surface area contributed by atoms with Gasteiger partial charge in [-0.05, 0) is 18.6 Å². The monoisotopic (exact) mass is 281 g/mol. The zero-order valence-corrected chi connectivity index (χ0v) is 11.3. The highest BCUT2D eigenvalue weighted by molar-refractivity contribution is 5.72. The maximum Gasteiger partial charge on any atom is 0.320 e. The van der Waals surface area contributed by atoms with Crippen molar-refractivity contribution in [2.75, 3.05) is 37.6 Å². The normalized spacial score (nSPS) is 18.0. The average molecular weight is 281 g/mol. The second kappa shape index (κ2) is 6.67. The van der Waals surface area contributed by atoms with Gasteiger partial charge in [0, 0.05) is 32.7 Å². The molecular weight excluding hydrogens is 261 g/mol. The maximum atomic E-state index is 13.7. The highest BCUT2D eigenvalue weighted by Gasteiger charge is 2.20. The summed E-state index contributed by atoms with van der Waals surface area (Å²) in [6, 6.07) is 5.96. The Hall–Kier alpha value is -1.66. The van der Waals surface area contributed by atoms with Crippen molar-refractivity contribution in [3.8, 4) is 0 Å². The Morgan fingerprint density at radius 1 is 1.30 bits per heavy atom. The molecule has 6 heteroatoms. The van der Waals surface area contributed by atoms with E-state index in [9.17, 15) is 9.18 Å². The summed E-state index contributed by atoms with van der Waals surface area (Å²) in [7, 11) is 0. The van der Waals surface area contributed by atoms with Crippen molar-refractivity contribution < 1.29 is 14.3 Å². The summed E-state index contributed by atoms with van der Waals surface area (Å²) in [6.45, 7) is 3.73. The van der Waals surface area contributed by atoms with Gasteiger partial charge in [0.25, 0.3) is 0 Å². The first-order valence-corrected chi connectivity index (χ1v) is 6.78. The molecule has 0 spiro atoms. The van der Waals surface area contributed by atoms with Crippen molar-refractivity contribution in [2.24, 2.45) is 5.73 Å². The zero-order chi connectivity index (χ0) is 14.5. The molecule has 1 aliphatic heterocycles. The minimum Gasteiger partial charge on any atom is -0.480 e. The van der Waals surface area contributed by atoms with Crippen molar-refractivity contribution >= 4 is 11.7 Å². The number of para-hydroxylation sites is 1. The minimum atomic E-state index is -0.963. The van der Waals surface area contributed by atoms with Crippen LogP contribution in [0.2, 0.25) is 0 Å². The third-order valence-corrected chi connectivity index (χ3v) is 3.64. The number of rotatable bonds is 5. The number of nitrogens with zero attached hydrogens (tertiary/aromatic N) is 2. The number of hydrogen-bond acceptors (Lipinski definition) is 4. The smallest absolute Gasteiger partial charge is 0.320 e. The van der Waals surface area contributed by atoms with E-state index >= 15 is 0 Å². The number of carbonyl (C=O) groups is 1. The lowest BCUT2D eigenvalue weighted by Gasteiger charge is -2.36. The highest BCUT2D eigenvalue weighted by atomic mass is 19.1. The fourth-order valence-corrected chi connectivity index (χ4v) is 2.37. The fourth-order valence-electron chi connectivity index (χ4n) is 2.37. The number of nitrogens with two attached hydrogens (primary N) is 1. The standard InChI is InChI=1S/C14H20FN3O2/c15-11-3-1-2-4-13(11)18-9-7-17(8-10-18)6-5-12(16)14(19)20/h1-4,12H,5-10,16H2,(H,19,20). The molecule has 0 aromatic heterocycles. The van der Waals surface area contributed by atoms with Crippen LogP contribution in [0.5, 0.6) is 0 Å². The second-order valence-electron chi connectivity index (χ2n) is 5.01. The third kappa shape index (κ3) is 3.68. The third-order valence-electron chi connectivity index (χ3n) is 3.64. The molecule has 2 rings (SSSR count). The number of aliphatic carboxylic acids is 1. The first-order chi connectivity index (χ1) is 9.58. The predicted octanol–water partition coefficient (Wildman–Crippen LogP) is 0.750. The van der Waals surface area contributed by atoms with E-state index in [0.717, 1.165) is 26.2 Å². The van der Waals surface area contributed by atoms with Gasteiger partial charge in [0.15, 0.2) is 0 Å². The number of benzene rings is 1. The number of carboxylic acids is 1. The lowest BCUT2D eigenvalue weighted by molar-refractivity contribution is -0.138. The molecule has 1 fully saturated rings. The van der Waals surface area contributed by atoms with Gasteiger partial charge in [-0.15, -0.1) is 0 Å². The first-order valence-electron chi connectivity index (χ1n) is 6.78. The second-order valence-corrected chi connectivity index (χ2v) is 5.01. The zero-order valence-electron chi connectivity index (χ0n) is 11.3. The van der Waals surface area contributed by atoms with Crippen LogP contribution in [0.3, 0.4) is 0 Å². The predicted molar refractivity (Wildman–Crippen MR) is 75.3 cm³/mol. The van der Waals surface area contributed by atoms with Crippen LogP contribution in [-0.4, -0.2) is 54.7 Å². The van der Waals surface area contributed by atoms with E-state index in [1.807, 2.05) is 11.0 Å². The molecule has 0 radical (unpaired) electrons. The molecule has 20 heavy (non-hydrogen) atoms. The van der Waals surface area contributed by atoms with Crippen LogP contribution < -0.4 is 10.6 Å².